The molecule has 1 aromatic carbocycles. The van der Waals surface area contributed by atoms with Gasteiger partial charge in [0.1, 0.15) is 0 Å². The summed E-state index contributed by atoms with van der Waals surface area (Å²) in [5, 5.41) is 0. The van der Waals surface area contributed by atoms with E-state index in [1.165, 1.54) is 0 Å². The van der Waals surface area contributed by atoms with E-state index in [1.54, 1.807) is 13.0 Å². The van der Waals surface area contributed by atoms with Gasteiger partial charge in [0.25, 0.3) is 5.56 Å². The summed E-state index contributed by atoms with van der Waals surface area (Å²) in [7, 11) is 0. The molecule has 2 aliphatic rings. The first kappa shape index (κ1) is 20.6. The Hall–Kier alpha value is -2.67. The molecule has 0 radical (unpaired) electrons. The number of aromatic amines is 1. The largest absolute Gasteiger partial charge is 0.378 e. The number of hydrogen-bond donors (Lipinski definition) is 1. The molecule has 7 nitrogen and oxygen atoms in total. The molecule has 0 aliphatic carbocycles. The summed E-state index contributed by atoms with van der Waals surface area (Å²) in [6.45, 7) is 12.7. The Labute approximate surface area is 177 Å². The number of carbonyl (C=O) groups excluding carboxylic acids is 1. The van der Waals surface area contributed by atoms with E-state index in [4.69, 9.17) is 9.72 Å². The highest BCUT2D eigenvalue weighted by atomic mass is 16.5. The first-order chi connectivity index (χ1) is 14.2. The topological polar surface area (TPSA) is 78.5 Å². The molecule has 0 spiro atoms. The molecule has 1 N–H and O–H groups in total. The van der Waals surface area contributed by atoms with E-state index >= 15 is 0 Å². The number of fused-ring (bicyclic) bond motifs is 1. The van der Waals surface area contributed by atoms with Gasteiger partial charge in [0.05, 0.1) is 18.9 Å². The molecule has 1 aromatic heterocycles. The molecule has 2 aromatic rings. The lowest BCUT2D eigenvalue weighted by atomic mass is 9.78. The van der Waals surface area contributed by atoms with Crippen LogP contribution in [0.2, 0.25) is 0 Å². The van der Waals surface area contributed by atoms with Crippen LogP contribution in [0.4, 0.5) is 11.6 Å². The lowest BCUT2D eigenvalue weighted by Crippen LogP contribution is -2.50. The molecule has 1 fully saturated rings. The molecule has 1 saturated heterocycles. The molecule has 2 aliphatic heterocycles. The number of anilines is 2. The van der Waals surface area contributed by atoms with Crippen molar-refractivity contribution in [2.75, 3.05) is 36.1 Å². The van der Waals surface area contributed by atoms with Gasteiger partial charge in [0.15, 0.2) is 0 Å². The molecule has 160 valence electrons. The lowest BCUT2D eigenvalue weighted by Gasteiger charge is -2.46. The first-order valence-electron chi connectivity index (χ1n) is 10.6. The fourth-order valence-electron chi connectivity index (χ4n) is 4.95. The van der Waals surface area contributed by atoms with Crippen LogP contribution < -0.4 is 15.4 Å². The predicted octanol–water partition coefficient (Wildman–Crippen LogP) is 3.22. The number of nitrogens with zero attached hydrogens (tertiary/aromatic N) is 3. The van der Waals surface area contributed by atoms with Crippen molar-refractivity contribution in [3.8, 4) is 11.3 Å². The summed E-state index contributed by atoms with van der Waals surface area (Å²) in [5.74, 6) is 0.923. The van der Waals surface area contributed by atoms with E-state index in [0.717, 1.165) is 28.8 Å². The van der Waals surface area contributed by atoms with Crippen LogP contribution >= 0.6 is 0 Å². The van der Waals surface area contributed by atoms with Crippen molar-refractivity contribution in [2.45, 2.75) is 52.5 Å². The second-order valence-electron chi connectivity index (χ2n) is 9.05. The smallest absolute Gasteiger partial charge is 0.252 e. The van der Waals surface area contributed by atoms with Gasteiger partial charge in [-0.1, -0.05) is 6.92 Å². The number of H-pyrrole nitrogens is 1. The zero-order chi connectivity index (χ0) is 21.6. The van der Waals surface area contributed by atoms with Gasteiger partial charge >= 0.3 is 0 Å². The maximum Gasteiger partial charge on any atom is 0.252 e. The predicted molar refractivity (Wildman–Crippen MR) is 118 cm³/mol. The van der Waals surface area contributed by atoms with Crippen LogP contribution in [-0.2, 0) is 9.53 Å². The number of morpholine rings is 1. The maximum atomic E-state index is 12.5. The molecule has 1 atom stereocenters. The van der Waals surface area contributed by atoms with Gasteiger partial charge in [0.2, 0.25) is 11.9 Å². The standard InChI is InChI=1S/C23H30N4O3/c1-14-10-20-18(15(2)13-23(4,5)27(20)16(3)28)11-17(14)19-12-21(29)25-22(24-19)26-6-8-30-9-7-26/h10-12,15H,6-9,13H2,1-5H3,(H,24,25,29). The zero-order valence-electron chi connectivity index (χ0n) is 18.4. The number of aryl methyl sites for hydroxylation is 1. The Balaban J connectivity index is 1.82. The number of nitrogens with one attached hydrogen (secondary N) is 1. The highest BCUT2D eigenvalue weighted by Gasteiger charge is 2.39. The fraction of sp³-hybridized carbons (Fsp3) is 0.522. The van der Waals surface area contributed by atoms with Crippen LogP contribution in [-0.4, -0.2) is 47.7 Å². The van der Waals surface area contributed by atoms with Crippen LogP contribution in [0.25, 0.3) is 11.3 Å². The molecule has 4 rings (SSSR count). The number of hydrogen-bond acceptors (Lipinski definition) is 5. The quantitative estimate of drug-likeness (QED) is 0.822. The molecular formula is C23H30N4O3. The second kappa shape index (κ2) is 7.54. The number of aromatic nitrogens is 2. The van der Waals surface area contributed by atoms with E-state index in [2.05, 4.69) is 37.9 Å². The summed E-state index contributed by atoms with van der Waals surface area (Å²) in [5.41, 5.74) is 4.27. The van der Waals surface area contributed by atoms with E-state index in [1.807, 2.05) is 16.7 Å². The van der Waals surface area contributed by atoms with Gasteiger partial charge < -0.3 is 14.5 Å². The lowest BCUT2D eigenvalue weighted by molar-refractivity contribution is -0.117. The summed E-state index contributed by atoms with van der Waals surface area (Å²) in [6.07, 6.45) is 0.879. The Bertz CT molecular complexity index is 1040. The van der Waals surface area contributed by atoms with Crippen LogP contribution in [0.15, 0.2) is 23.0 Å². The monoisotopic (exact) mass is 410 g/mol. The normalized spacial score (nSPS) is 20.8. The zero-order valence-corrected chi connectivity index (χ0v) is 18.4. The van der Waals surface area contributed by atoms with E-state index < -0.39 is 0 Å². The van der Waals surface area contributed by atoms with Gasteiger partial charge in [-0.25, -0.2) is 4.98 Å². The second-order valence-corrected chi connectivity index (χ2v) is 9.05. The fourth-order valence-corrected chi connectivity index (χ4v) is 4.95. The van der Waals surface area contributed by atoms with Crippen LogP contribution in [0.5, 0.6) is 0 Å². The minimum Gasteiger partial charge on any atom is -0.378 e. The molecule has 7 heteroatoms. The third kappa shape index (κ3) is 3.62. The van der Waals surface area contributed by atoms with Crippen LogP contribution in [0, 0.1) is 6.92 Å². The first-order valence-corrected chi connectivity index (χ1v) is 10.6. The summed E-state index contributed by atoms with van der Waals surface area (Å²) in [6, 6.07) is 5.74. The van der Waals surface area contributed by atoms with Gasteiger partial charge in [-0.2, -0.15) is 0 Å². The number of carbonyl (C=O) groups is 1. The van der Waals surface area contributed by atoms with Gasteiger partial charge in [-0.05, 0) is 56.4 Å². The van der Waals surface area contributed by atoms with Crippen molar-refractivity contribution in [3.63, 3.8) is 0 Å². The summed E-state index contributed by atoms with van der Waals surface area (Å²) < 4.78 is 5.41. The van der Waals surface area contributed by atoms with Crippen molar-refractivity contribution in [2.24, 2.45) is 0 Å². The van der Waals surface area contributed by atoms with Crippen molar-refractivity contribution < 1.29 is 9.53 Å². The van der Waals surface area contributed by atoms with E-state index in [-0.39, 0.29) is 17.0 Å². The van der Waals surface area contributed by atoms with Crippen molar-refractivity contribution in [1.82, 2.24) is 9.97 Å². The number of rotatable bonds is 2. The average molecular weight is 411 g/mol. The molecule has 1 amide bonds. The maximum absolute atomic E-state index is 12.5. The SMILES string of the molecule is CC(=O)N1c2cc(C)c(-c3cc(=O)[nH]c(N4CCOCC4)n3)cc2C(C)CC1(C)C. The molecule has 1 unspecified atom stereocenters. The van der Waals surface area contributed by atoms with E-state index in [9.17, 15) is 9.59 Å². The van der Waals surface area contributed by atoms with Crippen LogP contribution in [0.1, 0.15) is 51.2 Å². The summed E-state index contributed by atoms with van der Waals surface area (Å²) >= 11 is 0. The minimum absolute atomic E-state index is 0.0455. The molecule has 30 heavy (non-hydrogen) atoms. The van der Waals surface area contributed by atoms with Crippen molar-refractivity contribution in [3.05, 3.63) is 39.7 Å². The average Bonchev–Trinajstić information content (AvgIpc) is 2.66. The highest BCUT2D eigenvalue weighted by Crippen LogP contribution is 2.45. The molecular weight excluding hydrogens is 380 g/mol. The number of ether oxygens (including phenoxy) is 1. The van der Waals surface area contributed by atoms with Gasteiger partial charge in [-0.3, -0.25) is 14.6 Å². The summed E-state index contributed by atoms with van der Waals surface area (Å²) in [4.78, 5) is 36.5. The highest BCUT2D eigenvalue weighted by molar-refractivity contribution is 5.95. The Morgan fingerprint density at radius 1 is 1.23 bits per heavy atom. The van der Waals surface area contributed by atoms with E-state index in [0.29, 0.717) is 43.9 Å². The third-order valence-electron chi connectivity index (χ3n) is 6.19. The molecule has 3 heterocycles. The third-order valence-corrected chi connectivity index (χ3v) is 6.19. The van der Waals surface area contributed by atoms with Crippen molar-refractivity contribution >= 4 is 17.5 Å². The minimum atomic E-state index is -0.238. The molecule has 0 bridgehead atoms. The van der Waals surface area contributed by atoms with Gasteiger partial charge in [-0.15, -0.1) is 0 Å². The Morgan fingerprint density at radius 2 is 1.93 bits per heavy atom. The Morgan fingerprint density at radius 3 is 2.60 bits per heavy atom. The van der Waals surface area contributed by atoms with Gasteiger partial charge in [0, 0.05) is 42.9 Å². The van der Waals surface area contributed by atoms with Crippen molar-refractivity contribution in [1.29, 1.82) is 0 Å². The number of amides is 1. The molecule has 0 saturated carbocycles. The van der Waals surface area contributed by atoms with Crippen LogP contribution in [0.3, 0.4) is 0 Å². The Kier molecular flexibility index (Phi) is 5.18. The number of benzene rings is 1.